The molecule has 3 rings (SSSR count). The van der Waals surface area contributed by atoms with E-state index in [0.717, 1.165) is 76.8 Å². The van der Waals surface area contributed by atoms with Crippen LogP contribution >= 0.6 is 0 Å². The normalized spacial score (nSPS) is 15.9. The van der Waals surface area contributed by atoms with Gasteiger partial charge in [0, 0.05) is 51.2 Å². The largest absolute Gasteiger partial charge is 0.369 e. The number of sulfonamides is 1. The first-order chi connectivity index (χ1) is 17.4. The van der Waals surface area contributed by atoms with Gasteiger partial charge in [0.1, 0.15) is 0 Å². The molecule has 1 unspecified atom stereocenters. The van der Waals surface area contributed by atoms with Crippen LogP contribution in [-0.2, 0) is 27.2 Å². The number of hydrogen-bond donors (Lipinski definition) is 0. The number of hydrogen-bond acceptors (Lipinski definition) is 5. The summed E-state index contributed by atoms with van der Waals surface area (Å²) in [6.07, 6.45) is 7.18. The van der Waals surface area contributed by atoms with Crippen LogP contribution in [0.5, 0.6) is 0 Å². The molecule has 1 fully saturated rings. The highest BCUT2D eigenvalue weighted by Gasteiger charge is 2.27. The van der Waals surface area contributed by atoms with Crippen LogP contribution in [0.25, 0.3) is 0 Å². The Morgan fingerprint density at radius 3 is 2.17 bits per heavy atom. The zero-order valence-electron chi connectivity index (χ0n) is 22.2. The van der Waals surface area contributed by atoms with E-state index in [1.807, 2.05) is 19.9 Å². The van der Waals surface area contributed by atoms with Crippen LogP contribution in [-0.4, -0.2) is 73.9 Å². The monoisotopic (exact) mass is 533 g/mol. The first kappa shape index (κ1) is 28.8. The fraction of sp³-hybridized carbons (Fsp3) is 0.571. The summed E-state index contributed by atoms with van der Waals surface area (Å²) in [4.78, 5) is 5.63. The lowest BCUT2D eigenvalue weighted by atomic mass is 10.1. The summed E-state index contributed by atoms with van der Waals surface area (Å²) < 4.78 is 40.7. The van der Waals surface area contributed by atoms with Crippen LogP contribution in [0.3, 0.4) is 0 Å². The van der Waals surface area contributed by atoms with Crippen LogP contribution in [0.15, 0.2) is 58.3 Å². The number of aryl methyl sites for hydroxylation is 1. The van der Waals surface area contributed by atoms with Crippen molar-refractivity contribution in [2.75, 3.05) is 57.0 Å². The van der Waals surface area contributed by atoms with Gasteiger partial charge < -0.3 is 4.90 Å². The number of para-hydroxylation sites is 1. The van der Waals surface area contributed by atoms with E-state index in [-0.39, 0.29) is 4.90 Å². The highest BCUT2D eigenvalue weighted by atomic mass is 32.2. The molecule has 0 N–H and O–H groups in total. The SMILES string of the molecule is CCCN(CCC)S(=O)(=O)c1cc(CCCCCN2CCN(c3ccccc3)CC2)ccc1S(C)=O. The van der Waals surface area contributed by atoms with E-state index < -0.39 is 20.8 Å². The summed E-state index contributed by atoms with van der Waals surface area (Å²) in [5.74, 6) is 0. The fourth-order valence-corrected chi connectivity index (χ4v) is 7.86. The van der Waals surface area contributed by atoms with Gasteiger partial charge in [-0.2, -0.15) is 4.31 Å². The van der Waals surface area contributed by atoms with Gasteiger partial charge in [0.25, 0.3) is 0 Å². The van der Waals surface area contributed by atoms with Crippen LogP contribution < -0.4 is 4.90 Å². The second-order valence-corrected chi connectivity index (χ2v) is 12.9. The second kappa shape index (κ2) is 14.3. The molecule has 1 aliphatic rings. The van der Waals surface area contributed by atoms with Crippen molar-refractivity contribution >= 4 is 26.5 Å². The molecule has 2 aromatic rings. The average molecular weight is 534 g/mol. The van der Waals surface area contributed by atoms with Gasteiger partial charge in [-0.15, -0.1) is 0 Å². The zero-order chi connectivity index (χ0) is 26.0. The van der Waals surface area contributed by atoms with E-state index in [0.29, 0.717) is 18.0 Å². The van der Waals surface area contributed by atoms with Gasteiger partial charge in [-0.25, -0.2) is 8.42 Å². The average Bonchev–Trinajstić information content (AvgIpc) is 2.89. The molecule has 0 spiro atoms. The van der Waals surface area contributed by atoms with Crippen molar-refractivity contribution in [1.29, 1.82) is 0 Å². The first-order valence-corrected chi connectivity index (χ1v) is 16.4. The van der Waals surface area contributed by atoms with Gasteiger partial charge >= 0.3 is 0 Å². The fourth-order valence-electron chi connectivity index (χ4n) is 4.85. The number of rotatable bonds is 14. The Bertz CT molecular complexity index is 1060. The molecule has 0 radical (unpaired) electrons. The summed E-state index contributed by atoms with van der Waals surface area (Å²) in [6.45, 7) is 10.4. The van der Waals surface area contributed by atoms with Gasteiger partial charge in [0.2, 0.25) is 10.0 Å². The highest BCUT2D eigenvalue weighted by Crippen LogP contribution is 2.26. The third-order valence-electron chi connectivity index (χ3n) is 6.82. The minimum atomic E-state index is -3.67. The molecule has 1 aliphatic heterocycles. The van der Waals surface area contributed by atoms with Gasteiger partial charge in [-0.3, -0.25) is 9.11 Å². The molecule has 1 heterocycles. The molecular weight excluding hydrogens is 490 g/mol. The van der Waals surface area contributed by atoms with Crippen molar-refractivity contribution in [3.63, 3.8) is 0 Å². The highest BCUT2D eigenvalue weighted by molar-refractivity contribution is 7.90. The van der Waals surface area contributed by atoms with Crippen molar-refractivity contribution in [2.24, 2.45) is 0 Å². The Labute approximate surface area is 221 Å². The van der Waals surface area contributed by atoms with E-state index >= 15 is 0 Å². The van der Waals surface area contributed by atoms with Gasteiger partial charge in [-0.05, 0) is 68.5 Å². The van der Waals surface area contributed by atoms with Crippen LogP contribution in [0, 0.1) is 0 Å². The van der Waals surface area contributed by atoms with Gasteiger partial charge in [-0.1, -0.05) is 44.5 Å². The minimum absolute atomic E-state index is 0.221. The smallest absolute Gasteiger partial charge is 0.244 e. The summed E-state index contributed by atoms with van der Waals surface area (Å²) in [5, 5.41) is 0. The molecule has 0 bridgehead atoms. The molecular formula is C28H43N3O3S2. The zero-order valence-corrected chi connectivity index (χ0v) is 23.8. The molecule has 200 valence electrons. The van der Waals surface area contributed by atoms with E-state index in [2.05, 4.69) is 40.1 Å². The topological polar surface area (TPSA) is 60.9 Å². The molecule has 6 nitrogen and oxygen atoms in total. The van der Waals surface area contributed by atoms with Gasteiger partial charge in [0.15, 0.2) is 0 Å². The maximum atomic E-state index is 13.4. The number of benzene rings is 2. The third kappa shape index (κ3) is 7.88. The van der Waals surface area contributed by atoms with E-state index in [4.69, 9.17) is 0 Å². The van der Waals surface area contributed by atoms with E-state index in [9.17, 15) is 12.6 Å². The Morgan fingerprint density at radius 2 is 1.56 bits per heavy atom. The molecule has 0 saturated carbocycles. The first-order valence-electron chi connectivity index (χ1n) is 13.4. The Balaban J connectivity index is 1.51. The minimum Gasteiger partial charge on any atom is -0.369 e. The van der Waals surface area contributed by atoms with Crippen LogP contribution in [0.2, 0.25) is 0 Å². The van der Waals surface area contributed by atoms with Crippen molar-refractivity contribution < 1.29 is 12.6 Å². The summed E-state index contributed by atoms with van der Waals surface area (Å²) in [7, 11) is -5.03. The maximum Gasteiger partial charge on any atom is 0.244 e. The van der Waals surface area contributed by atoms with Gasteiger partial charge in [0.05, 0.1) is 20.6 Å². The molecule has 0 aliphatic carbocycles. The number of nitrogens with zero attached hydrogens (tertiary/aromatic N) is 3. The molecule has 8 heteroatoms. The standard InChI is InChI=1S/C28H43N3O3S2/c1-4-17-31(18-5-2)36(33,34)28-24-25(15-16-27(28)35(3)32)12-8-7-11-19-29-20-22-30(23-21-29)26-13-9-6-10-14-26/h6,9-10,13-16,24H,4-5,7-8,11-12,17-23H2,1-3H3. The van der Waals surface area contributed by atoms with Crippen LogP contribution in [0.4, 0.5) is 5.69 Å². The molecule has 1 atom stereocenters. The maximum absolute atomic E-state index is 13.4. The summed E-state index contributed by atoms with van der Waals surface area (Å²) in [6, 6.07) is 16.1. The number of piperazine rings is 1. The van der Waals surface area contributed by atoms with Crippen LogP contribution in [0.1, 0.15) is 51.5 Å². The lowest BCUT2D eigenvalue weighted by molar-refractivity contribution is 0.252. The second-order valence-electron chi connectivity index (χ2n) is 9.61. The van der Waals surface area contributed by atoms with Crippen molar-refractivity contribution in [3.05, 3.63) is 54.1 Å². The molecule has 0 amide bonds. The van der Waals surface area contributed by atoms with E-state index in [1.165, 1.54) is 5.69 Å². The Kier molecular flexibility index (Phi) is 11.4. The predicted octanol–water partition coefficient (Wildman–Crippen LogP) is 4.77. The molecule has 1 saturated heterocycles. The summed E-state index contributed by atoms with van der Waals surface area (Å²) >= 11 is 0. The lowest BCUT2D eigenvalue weighted by Crippen LogP contribution is -2.46. The lowest BCUT2D eigenvalue weighted by Gasteiger charge is -2.36. The molecule has 36 heavy (non-hydrogen) atoms. The Morgan fingerprint density at radius 1 is 0.889 bits per heavy atom. The Hall–Kier alpha value is -1.74. The third-order valence-corrected chi connectivity index (χ3v) is 9.86. The molecule has 0 aromatic heterocycles. The molecule has 2 aromatic carbocycles. The quantitative estimate of drug-likeness (QED) is 0.328. The van der Waals surface area contributed by atoms with Crippen molar-refractivity contribution in [1.82, 2.24) is 9.21 Å². The van der Waals surface area contributed by atoms with Crippen molar-refractivity contribution in [3.8, 4) is 0 Å². The number of anilines is 1. The van der Waals surface area contributed by atoms with E-state index in [1.54, 1.807) is 22.7 Å². The van der Waals surface area contributed by atoms with Crippen molar-refractivity contribution in [2.45, 2.75) is 62.2 Å². The summed E-state index contributed by atoms with van der Waals surface area (Å²) in [5.41, 5.74) is 2.32. The predicted molar refractivity (Wildman–Crippen MR) is 151 cm³/mol. The number of unbranched alkanes of at least 4 members (excludes halogenated alkanes) is 2.